The van der Waals surface area contributed by atoms with E-state index >= 15 is 0 Å². The van der Waals surface area contributed by atoms with Crippen molar-refractivity contribution >= 4 is 16.6 Å². The van der Waals surface area contributed by atoms with Gasteiger partial charge in [-0.25, -0.2) is 4.21 Å². The molecule has 0 aliphatic carbocycles. The first-order valence-corrected chi connectivity index (χ1v) is 2.70. The number of hydrogen-bond acceptors (Lipinski definition) is 1. The Morgan fingerprint density at radius 3 is 2.17 bits per heavy atom. The Labute approximate surface area is 41.4 Å². The highest BCUT2D eigenvalue weighted by Crippen LogP contribution is 1.79. The molecule has 0 aromatic rings. The third-order valence-electron chi connectivity index (χ3n) is 0.328. The molecule has 0 spiro atoms. The second-order valence-corrected chi connectivity index (χ2v) is 1.94. The van der Waals surface area contributed by atoms with Gasteiger partial charge >= 0.3 is 0 Å². The molecule has 0 bridgehead atoms. The van der Waals surface area contributed by atoms with E-state index in [1.165, 1.54) is 0 Å². The molecule has 0 atom stereocenters. The second-order valence-electron chi connectivity index (χ2n) is 1.48. The summed E-state index contributed by atoms with van der Waals surface area (Å²) >= 11 is 0.535. The van der Waals surface area contributed by atoms with Crippen molar-refractivity contribution < 1.29 is 4.21 Å². The lowest BCUT2D eigenvalue weighted by Crippen LogP contribution is -1.83. The summed E-state index contributed by atoms with van der Waals surface area (Å²) in [5.74, 6) is 0.424. The van der Waals surface area contributed by atoms with Gasteiger partial charge in [0.15, 0.2) is 0 Å². The SMILES string of the molecule is CC(C)C=S=O. The van der Waals surface area contributed by atoms with Crippen molar-refractivity contribution in [1.29, 1.82) is 0 Å². The van der Waals surface area contributed by atoms with Crippen LogP contribution in [0, 0.1) is 5.92 Å². The Morgan fingerprint density at radius 2 is 2.17 bits per heavy atom. The predicted octanol–water partition coefficient (Wildman–Crippen LogP) is 0.658. The van der Waals surface area contributed by atoms with E-state index in [1.807, 2.05) is 13.8 Å². The van der Waals surface area contributed by atoms with Gasteiger partial charge in [0.25, 0.3) is 0 Å². The van der Waals surface area contributed by atoms with Crippen LogP contribution in [0.25, 0.3) is 0 Å². The molecule has 0 aromatic heterocycles. The Bertz CT molecular complexity index is 71.6. The molecule has 0 heterocycles. The summed E-state index contributed by atoms with van der Waals surface area (Å²) in [5.41, 5.74) is 0. The quantitative estimate of drug-likeness (QED) is 0.446. The maximum absolute atomic E-state index is 9.60. The minimum absolute atomic E-state index is 0.424. The minimum Gasteiger partial charge on any atom is -0.213 e. The molecule has 0 aliphatic rings. The van der Waals surface area contributed by atoms with Crippen molar-refractivity contribution in [2.75, 3.05) is 0 Å². The van der Waals surface area contributed by atoms with Gasteiger partial charge in [0, 0.05) is 5.37 Å². The normalized spacial score (nSPS) is 8.50. The molecule has 0 N–H and O–H groups in total. The van der Waals surface area contributed by atoms with Gasteiger partial charge in [0.2, 0.25) is 0 Å². The molecule has 1 nitrogen and oxygen atoms in total. The minimum atomic E-state index is 0.424. The van der Waals surface area contributed by atoms with Gasteiger partial charge < -0.3 is 0 Å². The smallest absolute Gasteiger partial charge is 0.0843 e. The van der Waals surface area contributed by atoms with E-state index in [1.54, 1.807) is 5.37 Å². The fourth-order valence-electron chi connectivity index (χ4n) is 0.111. The summed E-state index contributed by atoms with van der Waals surface area (Å²) in [6, 6.07) is 0. The zero-order valence-corrected chi connectivity index (χ0v) is 4.79. The largest absolute Gasteiger partial charge is 0.213 e. The maximum Gasteiger partial charge on any atom is 0.0843 e. The zero-order chi connectivity index (χ0) is 4.99. The van der Waals surface area contributed by atoms with E-state index in [2.05, 4.69) is 0 Å². The van der Waals surface area contributed by atoms with E-state index < -0.39 is 0 Å². The molecule has 0 unspecified atom stereocenters. The molecule has 0 fully saturated rings. The summed E-state index contributed by atoms with van der Waals surface area (Å²) in [6.07, 6.45) is 0. The van der Waals surface area contributed by atoms with E-state index in [0.29, 0.717) is 17.2 Å². The van der Waals surface area contributed by atoms with Gasteiger partial charge in [-0.1, -0.05) is 13.8 Å². The Morgan fingerprint density at radius 1 is 1.67 bits per heavy atom. The van der Waals surface area contributed by atoms with Crippen molar-refractivity contribution in [1.82, 2.24) is 0 Å². The average molecular weight is 104 g/mol. The summed E-state index contributed by atoms with van der Waals surface area (Å²) in [5, 5.41) is 1.65. The average Bonchev–Trinajstić information content (AvgIpc) is 1.35. The van der Waals surface area contributed by atoms with Crippen molar-refractivity contribution in [3.05, 3.63) is 0 Å². The maximum atomic E-state index is 9.60. The molecule has 0 rings (SSSR count). The number of rotatable bonds is 1. The molecular formula is C4H8OS. The molecule has 36 valence electrons. The van der Waals surface area contributed by atoms with E-state index in [9.17, 15) is 4.21 Å². The van der Waals surface area contributed by atoms with Crippen molar-refractivity contribution in [2.45, 2.75) is 13.8 Å². The Hall–Kier alpha value is -0.110. The van der Waals surface area contributed by atoms with Gasteiger partial charge in [0.05, 0.1) is 11.3 Å². The molecule has 2 heteroatoms. The highest BCUT2D eigenvalue weighted by Gasteiger charge is 1.78. The van der Waals surface area contributed by atoms with Crippen LogP contribution in [-0.2, 0) is 11.3 Å². The van der Waals surface area contributed by atoms with Crippen molar-refractivity contribution in [2.24, 2.45) is 5.92 Å². The summed E-state index contributed by atoms with van der Waals surface area (Å²) < 4.78 is 9.60. The molecule has 0 radical (unpaired) electrons. The van der Waals surface area contributed by atoms with Crippen molar-refractivity contribution in [3.63, 3.8) is 0 Å². The predicted molar refractivity (Wildman–Crippen MR) is 29.0 cm³/mol. The van der Waals surface area contributed by atoms with Crippen LogP contribution in [0.4, 0.5) is 0 Å². The zero-order valence-electron chi connectivity index (χ0n) is 3.97. The molecule has 0 saturated carbocycles. The summed E-state index contributed by atoms with van der Waals surface area (Å²) in [7, 11) is 0. The van der Waals surface area contributed by atoms with Crippen molar-refractivity contribution in [3.8, 4) is 0 Å². The van der Waals surface area contributed by atoms with Crippen LogP contribution in [0.3, 0.4) is 0 Å². The van der Waals surface area contributed by atoms with Crippen LogP contribution in [0.1, 0.15) is 13.8 Å². The third kappa shape index (κ3) is 3.89. The summed E-state index contributed by atoms with van der Waals surface area (Å²) in [4.78, 5) is 0. The van der Waals surface area contributed by atoms with Gasteiger partial charge in [0.1, 0.15) is 0 Å². The summed E-state index contributed by atoms with van der Waals surface area (Å²) in [6.45, 7) is 3.95. The van der Waals surface area contributed by atoms with Gasteiger partial charge in [-0.3, -0.25) is 0 Å². The van der Waals surface area contributed by atoms with Crippen LogP contribution in [0.2, 0.25) is 0 Å². The monoisotopic (exact) mass is 104 g/mol. The van der Waals surface area contributed by atoms with Crippen LogP contribution in [-0.4, -0.2) is 9.58 Å². The van der Waals surface area contributed by atoms with Gasteiger partial charge in [-0.15, -0.1) is 0 Å². The highest BCUT2D eigenvalue weighted by atomic mass is 32.1. The lowest BCUT2D eigenvalue weighted by atomic mass is 10.3. The molecular weight excluding hydrogens is 96.1 g/mol. The molecule has 0 aliphatic heterocycles. The fraction of sp³-hybridized carbons (Fsp3) is 0.750. The standard InChI is InChI=1S/C4H8OS/c1-4(2)3-6-5/h3-4H,1-2H3. The fourth-order valence-corrected chi connectivity index (χ4v) is 0.333. The van der Waals surface area contributed by atoms with E-state index in [4.69, 9.17) is 0 Å². The number of hydrogen-bond donors (Lipinski definition) is 0. The molecule has 6 heavy (non-hydrogen) atoms. The molecule has 0 saturated heterocycles. The third-order valence-corrected chi connectivity index (χ3v) is 0.983. The van der Waals surface area contributed by atoms with Crippen LogP contribution < -0.4 is 0 Å². The van der Waals surface area contributed by atoms with Crippen LogP contribution in [0.15, 0.2) is 0 Å². The Kier molecular flexibility index (Phi) is 3.04. The first-order chi connectivity index (χ1) is 2.77. The lowest BCUT2D eigenvalue weighted by Gasteiger charge is -1.81. The van der Waals surface area contributed by atoms with Crippen LogP contribution in [0.5, 0.6) is 0 Å². The first-order valence-electron chi connectivity index (χ1n) is 1.89. The van der Waals surface area contributed by atoms with Crippen LogP contribution >= 0.6 is 0 Å². The Balaban J connectivity index is 3.29. The molecule has 0 amide bonds. The van der Waals surface area contributed by atoms with E-state index in [-0.39, 0.29) is 0 Å². The topological polar surface area (TPSA) is 17.1 Å². The van der Waals surface area contributed by atoms with Gasteiger partial charge in [-0.05, 0) is 5.92 Å². The highest BCUT2D eigenvalue weighted by molar-refractivity contribution is 7.64. The van der Waals surface area contributed by atoms with E-state index in [0.717, 1.165) is 0 Å². The van der Waals surface area contributed by atoms with Gasteiger partial charge in [-0.2, -0.15) is 0 Å². The lowest BCUT2D eigenvalue weighted by molar-refractivity contribution is 0.700. The first kappa shape index (κ1) is 5.89. The second kappa shape index (κ2) is 3.09. The molecule has 0 aromatic carbocycles.